The Labute approximate surface area is 180 Å². The van der Waals surface area contributed by atoms with Gasteiger partial charge in [0.05, 0.1) is 0 Å². The summed E-state index contributed by atoms with van der Waals surface area (Å²) in [6.07, 6.45) is 3.20. The fourth-order valence-corrected chi connectivity index (χ4v) is 4.68. The van der Waals surface area contributed by atoms with Crippen molar-refractivity contribution in [1.29, 1.82) is 0 Å². The van der Waals surface area contributed by atoms with Crippen LogP contribution in [0.2, 0.25) is 0 Å². The summed E-state index contributed by atoms with van der Waals surface area (Å²) in [6, 6.07) is 18.7. The van der Waals surface area contributed by atoms with Crippen LogP contribution in [-0.4, -0.2) is 29.3 Å². The number of fused-ring (bicyclic) bond motifs is 2. The van der Waals surface area contributed by atoms with Gasteiger partial charge >= 0.3 is 6.03 Å². The quantitative estimate of drug-likeness (QED) is 0.640. The standard InChI is InChI=1S/C25H23N3O3/c1-25(21-11-5-8-17-6-2-3-10-20(17)21)23(30)28(24(31)27-25)15-22(29)26-19-13-12-16-7-4-9-18(16)14-19/h2-3,5-6,8,10-14H,4,7,9,15H2,1H3,(H,26,29)(H,27,31)/t25-/m1/s1. The smallest absolute Gasteiger partial charge is 0.325 e. The summed E-state index contributed by atoms with van der Waals surface area (Å²) in [5.74, 6) is -0.832. The van der Waals surface area contributed by atoms with E-state index in [-0.39, 0.29) is 6.54 Å². The lowest BCUT2D eigenvalue weighted by Gasteiger charge is -2.24. The Morgan fingerprint density at radius 2 is 1.81 bits per heavy atom. The summed E-state index contributed by atoms with van der Waals surface area (Å²) in [5, 5.41) is 7.50. The maximum atomic E-state index is 13.3. The van der Waals surface area contributed by atoms with Crippen LogP contribution in [0.15, 0.2) is 60.7 Å². The number of carbonyl (C=O) groups excluding carboxylic acids is 3. The first-order chi connectivity index (χ1) is 15.0. The van der Waals surface area contributed by atoms with Crippen LogP contribution in [0, 0.1) is 0 Å². The molecule has 0 saturated carbocycles. The number of imide groups is 1. The molecule has 0 aromatic heterocycles. The summed E-state index contributed by atoms with van der Waals surface area (Å²) >= 11 is 0. The van der Waals surface area contributed by atoms with Gasteiger partial charge in [-0.3, -0.25) is 14.5 Å². The van der Waals surface area contributed by atoms with E-state index < -0.39 is 23.4 Å². The zero-order valence-corrected chi connectivity index (χ0v) is 17.3. The van der Waals surface area contributed by atoms with Crippen LogP contribution >= 0.6 is 0 Å². The lowest BCUT2D eigenvalue weighted by atomic mass is 9.88. The number of anilines is 1. The van der Waals surface area contributed by atoms with Gasteiger partial charge in [0.25, 0.3) is 5.91 Å². The normalized spacial score (nSPS) is 20.1. The van der Waals surface area contributed by atoms with Crippen molar-refractivity contribution in [3.8, 4) is 0 Å². The van der Waals surface area contributed by atoms with E-state index in [1.165, 1.54) is 11.1 Å². The molecule has 1 aliphatic heterocycles. The molecule has 5 rings (SSSR count). The highest BCUT2D eigenvalue weighted by molar-refractivity contribution is 6.11. The Balaban J connectivity index is 1.37. The van der Waals surface area contributed by atoms with E-state index in [0.717, 1.165) is 34.9 Å². The first kappa shape index (κ1) is 19.3. The molecule has 2 aliphatic rings. The lowest BCUT2D eigenvalue weighted by molar-refractivity contribution is -0.133. The van der Waals surface area contributed by atoms with Gasteiger partial charge < -0.3 is 10.6 Å². The molecule has 156 valence electrons. The van der Waals surface area contributed by atoms with E-state index in [0.29, 0.717) is 11.3 Å². The number of nitrogens with zero attached hydrogens (tertiary/aromatic N) is 1. The number of hydrogen-bond acceptors (Lipinski definition) is 3. The predicted molar refractivity (Wildman–Crippen MR) is 119 cm³/mol. The van der Waals surface area contributed by atoms with Gasteiger partial charge in [0.15, 0.2) is 0 Å². The largest absolute Gasteiger partial charge is 0.325 e. The number of urea groups is 1. The zero-order chi connectivity index (χ0) is 21.6. The highest BCUT2D eigenvalue weighted by Gasteiger charge is 2.50. The molecule has 6 nitrogen and oxygen atoms in total. The van der Waals surface area contributed by atoms with Crippen molar-refractivity contribution in [3.05, 3.63) is 77.4 Å². The minimum atomic E-state index is -1.23. The average molecular weight is 413 g/mol. The van der Waals surface area contributed by atoms with Crippen LogP contribution in [0.3, 0.4) is 0 Å². The van der Waals surface area contributed by atoms with Gasteiger partial charge in [-0.15, -0.1) is 0 Å². The molecular weight excluding hydrogens is 390 g/mol. The Morgan fingerprint density at radius 1 is 1.03 bits per heavy atom. The van der Waals surface area contributed by atoms with Gasteiger partial charge in [-0.1, -0.05) is 48.5 Å². The third-order valence-corrected chi connectivity index (χ3v) is 6.29. The topological polar surface area (TPSA) is 78.5 Å². The van der Waals surface area contributed by atoms with Crippen molar-refractivity contribution < 1.29 is 14.4 Å². The highest BCUT2D eigenvalue weighted by atomic mass is 16.2. The number of amides is 4. The number of rotatable bonds is 4. The van der Waals surface area contributed by atoms with Crippen molar-refractivity contribution in [3.63, 3.8) is 0 Å². The van der Waals surface area contributed by atoms with Crippen LogP contribution in [0.5, 0.6) is 0 Å². The van der Waals surface area contributed by atoms with Crippen LogP contribution in [-0.2, 0) is 28.0 Å². The van der Waals surface area contributed by atoms with E-state index in [1.807, 2.05) is 60.7 Å². The fraction of sp³-hybridized carbons (Fsp3) is 0.240. The second-order valence-corrected chi connectivity index (χ2v) is 8.36. The molecule has 6 heteroatoms. The molecule has 0 spiro atoms. The third-order valence-electron chi connectivity index (χ3n) is 6.29. The van der Waals surface area contributed by atoms with Gasteiger partial charge in [0.2, 0.25) is 5.91 Å². The molecule has 31 heavy (non-hydrogen) atoms. The van der Waals surface area contributed by atoms with Crippen molar-refractivity contribution in [2.24, 2.45) is 0 Å². The van der Waals surface area contributed by atoms with Gasteiger partial charge in [0, 0.05) is 5.69 Å². The maximum absolute atomic E-state index is 13.3. The molecule has 1 fully saturated rings. The number of benzene rings is 3. The molecule has 0 radical (unpaired) electrons. The molecule has 0 bridgehead atoms. The van der Waals surface area contributed by atoms with Crippen LogP contribution < -0.4 is 10.6 Å². The Morgan fingerprint density at radius 3 is 2.68 bits per heavy atom. The van der Waals surface area contributed by atoms with Gasteiger partial charge in [-0.25, -0.2) is 4.79 Å². The molecule has 3 aromatic carbocycles. The number of hydrogen-bond donors (Lipinski definition) is 2. The molecular formula is C25H23N3O3. The first-order valence-electron chi connectivity index (χ1n) is 10.5. The van der Waals surface area contributed by atoms with E-state index >= 15 is 0 Å². The third kappa shape index (κ3) is 3.24. The minimum Gasteiger partial charge on any atom is -0.325 e. The van der Waals surface area contributed by atoms with Gasteiger partial charge in [-0.05, 0) is 65.8 Å². The number of aryl methyl sites for hydroxylation is 2. The lowest BCUT2D eigenvalue weighted by Crippen LogP contribution is -2.42. The predicted octanol–water partition coefficient (Wildman–Crippen LogP) is 3.73. The van der Waals surface area contributed by atoms with E-state index in [1.54, 1.807) is 6.92 Å². The minimum absolute atomic E-state index is 0.331. The van der Waals surface area contributed by atoms with Gasteiger partial charge in [-0.2, -0.15) is 0 Å². The fourth-order valence-electron chi connectivity index (χ4n) is 4.68. The molecule has 1 atom stereocenters. The Hall–Kier alpha value is -3.67. The molecule has 2 N–H and O–H groups in total. The van der Waals surface area contributed by atoms with Crippen molar-refractivity contribution in [2.45, 2.75) is 31.7 Å². The maximum Gasteiger partial charge on any atom is 0.325 e. The second-order valence-electron chi connectivity index (χ2n) is 8.36. The van der Waals surface area contributed by atoms with E-state index in [2.05, 4.69) is 10.6 Å². The summed E-state index contributed by atoms with van der Waals surface area (Å²) in [4.78, 5) is 39.6. The monoisotopic (exact) mass is 413 g/mol. The zero-order valence-electron chi connectivity index (χ0n) is 17.3. The van der Waals surface area contributed by atoms with E-state index in [4.69, 9.17) is 0 Å². The summed E-state index contributed by atoms with van der Waals surface area (Å²) < 4.78 is 0. The molecule has 1 aliphatic carbocycles. The molecule has 4 amide bonds. The first-order valence-corrected chi connectivity index (χ1v) is 10.5. The molecule has 3 aromatic rings. The summed E-state index contributed by atoms with van der Waals surface area (Å²) in [7, 11) is 0. The Kier molecular flexibility index (Phi) is 4.50. The van der Waals surface area contributed by atoms with Crippen molar-refractivity contribution >= 4 is 34.3 Å². The Bertz CT molecular complexity index is 1230. The van der Waals surface area contributed by atoms with Crippen molar-refractivity contribution in [1.82, 2.24) is 10.2 Å². The second kappa shape index (κ2) is 7.23. The molecule has 1 saturated heterocycles. The SMILES string of the molecule is C[C@]1(c2cccc3ccccc23)NC(=O)N(CC(=O)Nc2ccc3c(c2)CCC3)C1=O. The average Bonchev–Trinajstić information content (AvgIpc) is 3.31. The van der Waals surface area contributed by atoms with Gasteiger partial charge in [0.1, 0.15) is 12.1 Å². The number of nitrogens with one attached hydrogen (secondary N) is 2. The summed E-state index contributed by atoms with van der Waals surface area (Å²) in [5.41, 5.74) is 2.74. The van der Waals surface area contributed by atoms with Crippen LogP contribution in [0.25, 0.3) is 10.8 Å². The van der Waals surface area contributed by atoms with Crippen LogP contribution in [0.4, 0.5) is 10.5 Å². The number of carbonyl (C=O) groups is 3. The summed E-state index contributed by atoms with van der Waals surface area (Å²) in [6.45, 7) is 1.36. The van der Waals surface area contributed by atoms with Crippen molar-refractivity contribution in [2.75, 3.05) is 11.9 Å². The van der Waals surface area contributed by atoms with Crippen LogP contribution in [0.1, 0.15) is 30.0 Å². The molecule has 0 unspecified atom stereocenters. The molecule has 1 heterocycles. The van der Waals surface area contributed by atoms with E-state index in [9.17, 15) is 14.4 Å². The highest BCUT2D eigenvalue weighted by Crippen LogP contribution is 2.34.